The molecule has 4 nitrogen and oxygen atoms in total. The summed E-state index contributed by atoms with van der Waals surface area (Å²) in [7, 11) is 0. The number of aromatic nitrogens is 1. The molecule has 1 fully saturated rings. The van der Waals surface area contributed by atoms with Crippen LogP contribution in [0.3, 0.4) is 0 Å². The first-order valence-corrected chi connectivity index (χ1v) is 5.97. The molecule has 92 valence electrons. The Balaban J connectivity index is 2.07. The molecule has 0 spiro atoms. The third-order valence-electron chi connectivity index (χ3n) is 3.65. The van der Waals surface area contributed by atoms with Gasteiger partial charge < -0.3 is 10.6 Å². The van der Waals surface area contributed by atoms with Crippen LogP contribution >= 0.6 is 0 Å². The lowest BCUT2D eigenvalue weighted by molar-refractivity contribution is -0.133. The molecular weight excluding hydrogens is 214 g/mol. The average Bonchev–Trinajstić information content (AvgIpc) is 2.55. The third-order valence-corrected chi connectivity index (χ3v) is 3.65. The number of rotatable bonds is 2. The normalized spacial score (nSPS) is 22.8. The van der Waals surface area contributed by atoms with Crippen molar-refractivity contribution in [2.24, 2.45) is 5.73 Å². The molecule has 0 aliphatic carbocycles. The van der Waals surface area contributed by atoms with Crippen molar-refractivity contribution in [3.63, 3.8) is 0 Å². The average molecular weight is 233 g/mol. The summed E-state index contributed by atoms with van der Waals surface area (Å²) in [6.45, 7) is 4.82. The Morgan fingerprint density at radius 2 is 2.41 bits per heavy atom. The van der Waals surface area contributed by atoms with Crippen molar-refractivity contribution in [1.29, 1.82) is 0 Å². The standard InChI is InChI=1S/C13H19N3O/c1-13(2)11(14)5-7-16(13)12(17)8-10-4-3-6-15-9-10/h3-4,6,9,11H,5,7-8,14H2,1-2H3. The van der Waals surface area contributed by atoms with Crippen LogP contribution in [0.2, 0.25) is 0 Å². The molecule has 1 unspecified atom stereocenters. The predicted octanol–water partition coefficient (Wildman–Crippen LogP) is 0.962. The Bertz CT molecular complexity index is 402. The molecule has 2 N–H and O–H groups in total. The SMILES string of the molecule is CC1(C)C(N)CCN1C(=O)Cc1cccnc1. The van der Waals surface area contributed by atoms with Gasteiger partial charge in [-0.3, -0.25) is 9.78 Å². The zero-order valence-corrected chi connectivity index (χ0v) is 10.4. The second kappa shape index (κ2) is 4.45. The van der Waals surface area contributed by atoms with E-state index < -0.39 is 0 Å². The molecule has 1 aromatic heterocycles. The van der Waals surface area contributed by atoms with Crippen LogP contribution in [-0.2, 0) is 11.2 Å². The maximum Gasteiger partial charge on any atom is 0.227 e. The van der Waals surface area contributed by atoms with Crippen molar-refractivity contribution < 1.29 is 4.79 Å². The Hall–Kier alpha value is -1.42. The van der Waals surface area contributed by atoms with Crippen molar-refractivity contribution in [3.05, 3.63) is 30.1 Å². The highest BCUT2D eigenvalue weighted by atomic mass is 16.2. The van der Waals surface area contributed by atoms with Gasteiger partial charge in [-0.05, 0) is 31.9 Å². The fourth-order valence-electron chi connectivity index (χ4n) is 2.33. The number of carbonyl (C=O) groups is 1. The molecule has 1 amide bonds. The van der Waals surface area contributed by atoms with E-state index in [9.17, 15) is 4.79 Å². The van der Waals surface area contributed by atoms with Gasteiger partial charge >= 0.3 is 0 Å². The summed E-state index contributed by atoms with van der Waals surface area (Å²) >= 11 is 0. The van der Waals surface area contributed by atoms with E-state index in [-0.39, 0.29) is 17.5 Å². The molecule has 2 rings (SSSR count). The third kappa shape index (κ3) is 2.31. The number of hydrogen-bond donors (Lipinski definition) is 1. The fourth-order valence-corrected chi connectivity index (χ4v) is 2.33. The number of carbonyl (C=O) groups excluding carboxylic acids is 1. The molecule has 4 heteroatoms. The quantitative estimate of drug-likeness (QED) is 0.827. The van der Waals surface area contributed by atoms with Crippen molar-refractivity contribution >= 4 is 5.91 Å². The lowest BCUT2D eigenvalue weighted by Gasteiger charge is -2.34. The fraction of sp³-hybridized carbons (Fsp3) is 0.538. The molecule has 2 heterocycles. The molecular formula is C13H19N3O. The van der Waals surface area contributed by atoms with Crippen molar-refractivity contribution in [2.45, 2.75) is 38.3 Å². The van der Waals surface area contributed by atoms with Gasteiger partial charge in [-0.15, -0.1) is 0 Å². The van der Waals surface area contributed by atoms with Gasteiger partial charge in [0.05, 0.1) is 12.0 Å². The molecule has 0 bridgehead atoms. The van der Waals surface area contributed by atoms with Gasteiger partial charge in [-0.2, -0.15) is 0 Å². The molecule has 1 atom stereocenters. The molecule has 1 aliphatic rings. The van der Waals surface area contributed by atoms with Gasteiger partial charge in [0.15, 0.2) is 0 Å². The smallest absolute Gasteiger partial charge is 0.227 e. The number of amides is 1. The topological polar surface area (TPSA) is 59.2 Å². The van der Waals surface area contributed by atoms with E-state index in [0.29, 0.717) is 6.42 Å². The van der Waals surface area contributed by atoms with Crippen LogP contribution in [0.25, 0.3) is 0 Å². The van der Waals surface area contributed by atoms with Crippen LogP contribution in [-0.4, -0.2) is 33.9 Å². The van der Waals surface area contributed by atoms with Crippen LogP contribution in [0.5, 0.6) is 0 Å². The Morgan fingerprint density at radius 3 is 2.94 bits per heavy atom. The molecule has 0 saturated carbocycles. The zero-order valence-electron chi connectivity index (χ0n) is 10.4. The number of nitrogens with two attached hydrogens (primary N) is 1. The van der Waals surface area contributed by atoms with Crippen molar-refractivity contribution in [1.82, 2.24) is 9.88 Å². The van der Waals surface area contributed by atoms with Gasteiger partial charge in [0.2, 0.25) is 5.91 Å². The summed E-state index contributed by atoms with van der Waals surface area (Å²) < 4.78 is 0. The molecule has 1 aromatic rings. The van der Waals surface area contributed by atoms with Gasteiger partial charge in [0.25, 0.3) is 0 Å². The van der Waals surface area contributed by atoms with Gasteiger partial charge in [-0.25, -0.2) is 0 Å². The first kappa shape index (κ1) is 12.0. The lowest BCUT2D eigenvalue weighted by atomic mass is 9.96. The monoisotopic (exact) mass is 233 g/mol. The maximum absolute atomic E-state index is 12.2. The zero-order chi connectivity index (χ0) is 12.5. The van der Waals surface area contributed by atoms with E-state index in [0.717, 1.165) is 18.5 Å². The van der Waals surface area contributed by atoms with Crippen LogP contribution < -0.4 is 5.73 Å². The van der Waals surface area contributed by atoms with E-state index in [1.54, 1.807) is 12.4 Å². The molecule has 1 aliphatic heterocycles. The van der Waals surface area contributed by atoms with E-state index in [2.05, 4.69) is 4.98 Å². The molecule has 17 heavy (non-hydrogen) atoms. The summed E-state index contributed by atoms with van der Waals surface area (Å²) in [5.74, 6) is 0.135. The summed E-state index contributed by atoms with van der Waals surface area (Å²) in [6.07, 6.45) is 4.74. The van der Waals surface area contributed by atoms with Gasteiger partial charge in [-0.1, -0.05) is 6.07 Å². The highest BCUT2D eigenvalue weighted by Gasteiger charge is 2.41. The molecule has 0 radical (unpaired) electrons. The Labute approximate surface area is 102 Å². The summed E-state index contributed by atoms with van der Waals surface area (Å²) in [6, 6.07) is 3.84. The van der Waals surface area contributed by atoms with E-state index in [4.69, 9.17) is 5.73 Å². The minimum absolute atomic E-state index is 0.0698. The Morgan fingerprint density at radius 1 is 1.65 bits per heavy atom. The second-order valence-electron chi connectivity index (χ2n) is 5.13. The molecule has 0 aromatic carbocycles. The first-order chi connectivity index (χ1) is 8.01. The molecule has 1 saturated heterocycles. The van der Waals surface area contributed by atoms with Gasteiger partial charge in [0.1, 0.15) is 0 Å². The minimum Gasteiger partial charge on any atom is -0.336 e. The minimum atomic E-state index is -0.237. The van der Waals surface area contributed by atoms with Crippen molar-refractivity contribution in [3.8, 4) is 0 Å². The first-order valence-electron chi connectivity index (χ1n) is 5.97. The summed E-state index contributed by atoms with van der Waals surface area (Å²) in [4.78, 5) is 18.1. The summed E-state index contributed by atoms with van der Waals surface area (Å²) in [5.41, 5.74) is 6.74. The highest BCUT2D eigenvalue weighted by Crippen LogP contribution is 2.27. The lowest BCUT2D eigenvalue weighted by Crippen LogP contribution is -2.51. The second-order valence-corrected chi connectivity index (χ2v) is 5.13. The van der Waals surface area contributed by atoms with Crippen molar-refractivity contribution in [2.75, 3.05) is 6.54 Å². The number of hydrogen-bond acceptors (Lipinski definition) is 3. The summed E-state index contributed by atoms with van der Waals surface area (Å²) in [5, 5.41) is 0. The van der Waals surface area contributed by atoms with Crippen LogP contribution in [0.1, 0.15) is 25.8 Å². The van der Waals surface area contributed by atoms with E-state index in [1.165, 1.54) is 0 Å². The van der Waals surface area contributed by atoms with E-state index in [1.807, 2.05) is 30.9 Å². The van der Waals surface area contributed by atoms with Gasteiger partial charge in [0, 0.05) is 25.0 Å². The maximum atomic E-state index is 12.2. The number of likely N-dealkylation sites (tertiary alicyclic amines) is 1. The Kier molecular flexibility index (Phi) is 3.15. The van der Waals surface area contributed by atoms with Crippen LogP contribution in [0.4, 0.5) is 0 Å². The largest absolute Gasteiger partial charge is 0.336 e. The number of nitrogens with zero attached hydrogens (tertiary/aromatic N) is 2. The van der Waals surface area contributed by atoms with E-state index >= 15 is 0 Å². The predicted molar refractivity (Wildman–Crippen MR) is 66.3 cm³/mol. The highest BCUT2D eigenvalue weighted by molar-refractivity contribution is 5.79. The number of pyridine rings is 1. The van der Waals surface area contributed by atoms with Crippen LogP contribution in [0, 0.1) is 0 Å². The van der Waals surface area contributed by atoms with Crippen LogP contribution in [0.15, 0.2) is 24.5 Å².